The molecule has 1 aromatic rings. The van der Waals surface area contributed by atoms with Gasteiger partial charge in [0.2, 0.25) is 0 Å². The Morgan fingerprint density at radius 2 is 2.39 bits per heavy atom. The molecule has 0 saturated carbocycles. The van der Waals surface area contributed by atoms with Crippen LogP contribution in [0.15, 0.2) is 16.6 Å². The van der Waals surface area contributed by atoms with E-state index in [2.05, 4.69) is 26.6 Å². The number of halogens is 2. The maximum Gasteiger partial charge on any atom is 0.161 e. The Labute approximate surface area is 115 Å². The highest BCUT2D eigenvalue weighted by molar-refractivity contribution is 9.10. The highest BCUT2D eigenvalue weighted by atomic mass is 79.9. The van der Waals surface area contributed by atoms with E-state index in [1.54, 1.807) is 12.1 Å². The van der Waals surface area contributed by atoms with Crippen LogP contribution in [0.1, 0.15) is 24.8 Å². The van der Waals surface area contributed by atoms with Gasteiger partial charge in [-0.3, -0.25) is 0 Å². The van der Waals surface area contributed by atoms with Gasteiger partial charge < -0.3 is 10.6 Å². The highest BCUT2D eigenvalue weighted by Crippen LogP contribution is 2.26. The molecule has 0 spiro atoms. The van der Waals surface area contributed by atoms with E-state index in [1.807, 2.05) is 6.07 Å². The van der Waals surface area contributed by atoms with Crippen molar-refractivity contribution in [3.05, 3.63) is 28.0 Å². The minimum Gasteiger partial charge on any atom is -0.383 e. The number of rotatable bonds is 4. The molecule has 18 heavy (non-hydrogen) atoms. The van der Waals surface area contributed by atoms with Gasteiger partial charge in [0.15, 0.2) is 5.82 Å². The Bertz CT molecular complexity index is 464. The minimum atomic E-state index is -0.395. The van der Waals surface area contributed by atoms with Gasteiger partial charge in [0.05, 0.1) is 15.7 Å². The summed E-state index contributed by atoms with van der Waals surface area (Å²) in [4.78, 5) is 0. The summed E-state index contributed by atoms with van der Waals surface area (Å²) >= 11 is 3.10. The molecule has 5 heteroatoms. The number of hydrogen-bond donors (Lipinski definition) is 2. The summed E-state index contributed by atoms with van der Waals surface area (Å²) < 4.78 is 14.1. The fourth-order valence-corrected chi connectivity index (χ4v) is 2.59. The Hall–Kier alpha value is -1.12. The van der Waals surface area contributed by atoms with Crippen LogP contribution in [0, 0.1) is 17.1 Å². The number of nitrogens with zero attached hydrogens (tertiary/aromatic N) is 1. The molecule has 1 fully saturated rings. The molecule has 1 aliphatic heterocycles. The molecule has 1 aliphatic rings. The highest BCUT2D eigenvalue weighted by Gasteiger charge is 2.14. The minimum absolute atomic E-state index is 0.231. The monoisotopic (exact) mass is 311 g/mol. The number of nitrogens with one attached hydrogen (secondary N) is 2. The molecule has 2 N–H and O–H groups in total. The van der Waals surface area contributed by atoms with Crippen LogP contribution < -0.4 is 10.6 Å². The molecule has 0 amide bonds. The first-order chi connectivity index (χ1) is 8.72. The second kappa shape index (κ2) is 6.17. The lowest BCUT2D eigenvalue weighted by Gasteiger charge is -2.12. The zero-order valence-electron chi connectivity index (χ0n) is 9.97. The van der Waals surface area contributed by atoms with E-state index >= 15 is 0 Å². The third-order valence-electron chi connectivity index (χ3n) is 3.17. The number of hydrogen-bond acceptors (Lipinski definition) is 3. The van der Waals surface area contributed by atoms with E-state index in [-0.39, 0.29) is 4.47 Å². The first kappa shape index (κ1) is 13.3. The Balaban J connectivity index is 1.93. The average Bonchev–Trinajstić information content (AvgIpc) is 2.88. The van der Waals surface area contributed by atoms with E-state index in [9.17, 15) is 4.39 Å². The van der Waals surface area contributed by atoms with Gasteiger partial charge in [-0.05, 0) is 53.9 Å². The second-order valence-corrected chi connectivity index (χ2v) is 5.20. The second-order valence-electron chi connectivity index (χ2n) is 4.41. The molecule has 0 bridgehead atoms. The van der Waals surface area contributed by atoms with Crippen molar-refractivity contribution in [3.8, 4) is 6.07 Å². The van der Waals surface area contributed by atoms with Crippen molar-refractivity contribution in [2.45, 2.75) is 25.3 Å². The fraction of sp³-hybridized carbons (Fsp3) is 0.462. The van der Waals surface area contributed by atoms with Crippen LogP contribution in [0.5, 0.6) is 0 Å². The van der Waals surface area contributed by atoms with Crippen molar-refractivity contribution in [2.24, 2.45) is 0 Å². The van der Waals surface area contributed by atoms with Gasteiger partial charge in [-0.25, -0.2) is 4.39 Å². The van der Waals surface area contributed by atoms with Crippen molar-refractivity contribution < 1.29 is 4.39 Å². The Morgan fingerprint density at radius 1 is 1.56 bits per heavy atom. The lowest BCUT2D eigenvalue weighted by atomic mass is 10.1. The van der Waals surface area contributed by atoms with Gasteiger partial charge in [-0.2, -0.15) is 5.26 Å². The predicted octanol–water partition coefficient (Wildman–Crippen LogP) is 3.01. The fourth-order valence-electron chi connectivity index (χ4n) is 2.16. The van der Waals surface area contributed by atoms with Crippen LogP contribution in [0.2, 0.25) is 0 Å². The number of anilines is 1. The summed E-state index contributed by atoms with van der Waals surface area (Å²) in [6, 6.07) is 5.71. The third-order valence-corrected chi connectivity index (χ3v) is 3.95. The first-order valence-electron chi connectivity index (χ1n) is 6.07. The van der Waals surface area contributed by atoms with Crippen molar-refractivity contribution in [1.82, 2.24) is 5.32 Å². The largest absolute Gasteiger partial charge is 0.383 e. The van der Waals surface area contributed by atoms with E-state index in [1.165, 1.54) is 12.8 Å². The summed E-state index contributed by atoms with van der Waals surface area (Å²) in [6.07, 6.45) is 3.40. The van der Waals surface area contributed by atoms with Crippen LogP contribution in [0.25, 0.3) is 0 Å². The summed E-state index contributed by atoms with van der Waals surface area (Å²) in [5.41, 5.74) is 0.759. The molecule has 1 saturated heterocycles. The average molecular weight is 312 g/mol. The molecule has 3 nitrogen and oxygen atoms in total. The van der Waals surface area contributed by atoms with Gasteiger partial charge >= 0.3 is 0 Å². The topological polar surface area (TPSA) is 47.9 Å². The predicted molar refractivity (Wildman–Crippen MR) is 72.9 cm³/mol. The lowest BCUT2D eigenvalue weighted by molar-refractivity contribution is 0.571. The Kier molecular flexibility index (Phi) is 4.56. The van der Waals surface area contributed by atoms with Crippen LogP contribution >= 0.6 is 15.9 Å². The van der Waals surface area contributed by atoms with E-state index in [0.717, 1.165) is 19.5 Å². The van der Waals surface area contributed by atoms with Gasteiger partial charge in [0.1, 0.15) is 6.07 Å². The van der Waals surface area contributed by atoms with Crippen LogP contribution in [-0.4, -0.2) is 19.1 Å². The number of benzene rings is 1. The molecule has 2 rings (SSSR count). The summed E-state index contributed by atoms with van der Waals surface area (Å²) in [6.45, 7) is 1.81. The molecular formula is C13H15BrFN3. The molecule has 0 radical (unpaired) electrons. The zero-order chi connectivity index (χ0) is 13.0. The van der Waals surface area contributed by atoms with E-state index < -0.39 is 5.82 Å². The SMILES string of the molecule is N#Cc1ccc(NCC[C@@H]2CCCN2)c(F)c1Br. The summed E-state index contributed by atoms with van der Waals surface area (Å²) in [7, 11) is 0. The molecule has 0 unspecified atom stereocenters. The first-order valence-corrected chi connectivity index (χ1v) is 6.87. The summed E-state index contributed by atoms with van der Waals surface area (Å²) in [5, 5.41) is 15.3. The summed E-state index contributed by atoms with van der Waals surface area (Å²) in [5.74, 6) is -0.395. The van der Waals surface area contributed by atoms with Gasteiger partial charge in [-0.1, -0.05) is 0 Å². The molecule has 0 aliphatic carbocycles. The quantitative estimate of drug-likeness (QED) is 0.898. The maximum atomic E-state index is 13.9. The standard InChI is InChI=1S/C13H15BrFN3/c14-12-9(8-16)3-4-11(13(12)15)18-7-5-10-2-1-6-17-10/h3-4,10,17-18H,1-2,5-7H2/t10-/m0/s1. The molecule has 0 aromatic heterocycles. The molecule has 96 valence electrons. The smallest absolute Gasteiger partial charge is 0.161 e. The van der Waals surface area contributed by atoms with Crippen LogP contribution in [0.4, 0.5) is 10.1 Å². The van der Waals surface area contributed by atoms with Crippen molar-refractivity contribution >= 4 is 21.6 Å². The van der Waals surface area contributed by atoms with E-state index in [4.69, 9.17) is 5.26 Å². The van der Waals surface area contributed by atoms with Crippen LogP contribution in [0.3, 0.4) is 0 Å². The van der Waals surface area contributed by atoms with E-state index in [0.29, 0.717) is 17.3 Å². The molecular weight excluding hydrogens is 297 g/mol. The lowest BCUT2D eigenvalue weighted by Crippen LogP contribution is -2.24. The maximum absolute atomic E-state index is 13.9. The van der Waals surface area contributed by atoms with Crippen molar-refractivity contribution in [1.29, 1.82) is 5.26 Å². The van der Waals surface area contributed by atoms with Gasteiger partial charge in [0.25, 0.3) is 0 Å². The van der Waals surface area contributed by atoms with Crippen molar-refractivity contribution in [3.63, 3.8) is 0 Å². The molecule has 1 aromatic carbocycles. The van der Waals surface area contributed by atoms with Crippen LogP contribution in [-0.2, 0) is 0 Å². The van der Waals surface area contributed by atoms with Gasteiger partial charge in [-0.15, -0.1) is 0 Å². The zero-order valence-corrected chi connectivity index (χ0v) is 11.6. The normalized spacial score (nSPS) is 18.6. The third kappa shape index (κ3) is 3.01. The van der Waals surface area contributed by atoms with Crippen molar-refractivity contribution in [2.75, 3.05) is 18.4 Å². The number of nitriles is 1. The van der Waals surface area contributed by atoms with Gasteiger partial charge in [0, 0.05) is 12.6 Å². The Morgan fingerprint density at radius 3 is 3.06 bits per heavy atom. The molecule has 1 heterocycles. The molecule has 1 atom stereocenters.